The maximum absolute atomic E-state index is 6.16. The van der Waals surface area contributed by atoms with E-state index in [4.69, 9.17) is 27.9 Å². The van der Waals surface area contributed by atoms with Crippen LogP contribution >= 0.6 is 23.2 Å². The lowest BCUT2D eigenvalue weighted by Gasteiger charge is -2.29. The average molecular weight is 323 g/mol. The first-order valence-electron chi connectivity index (χ1n) is 6.88. The SMILES string of the molecule is Clc1cccc(Cl)c1Nc1ccc(N2CCOCC2)cc1. The van der Waals surface area contributed by atoms with E-state index in [1.807, 2.05) is 30.3 Å². The molecule has 0 atom stereocenters. The highest BCUT2D eigenvalue weighted by molar-refractivity contribution is 6.39. The van der Waals surface area contributed by atoms with Crippen molar-refractivity contribution in [1.82, 2.24) is 0 Å². The molecule has 1 fully saturated rings. The van der Waals surface area contributed by atoms with Crippen molar-refractivity contribution in [2.45, 2.75) is 0 Å². The van der Waals surface area contributed by atoms with Gasteiger partial charge in [-0.15, -0.1) is 0 Å². The van der Waals surface area contributed by atoms with Crippen LogP contribution in [0, 0.1) is 0 Å². The highest BCUT2D eigenvalue weighted by Crippen LogP contribution is 2.33. The molecule has 0 bridgehead atoms. The lowest BCUT2D eigenvalue weighted by molar-refractivity contribution is 0.122. The zero-order valence-corrected chi connectivity index (χ0v) is 13.0. The molecule has 2 aromatic rings. The first-order valence-corrected chi connectivity index (χ1v) is 7.63. The fourth-order valence-corrected chi connectivity index (χ4v) is 2.83. The van der Waals surface area contributed by atoms with Crippen LogP contribution in [0.15, 0.2) is 42.5 Å². The molecule has 2 aromatic carbocycles. The maximum atomic E-state index is 6.16. The minimum Gasteiger partial charge on any atom is -0.378 e. The minimum absolute atomic E-state index is 0.611. The molecule has 1 N–H and O–H groups in total. The van der Waals surface area contributed by atoms with Crippen molar-refractivity contribution in [2.24, 2.45) is 0 Å². The van der Waals surface area contributed by atoms with Crippen LogP contribution in [-0.2, 0) is 4.74 Å². The second kappa shape index (κ2) is 6.56. The van der Waals surface area contributed by atoms with Crippen molar-refractivity contribution in [3.63, 3.8) is 0 Å². The number of anilines is 3. The molecule has 1 aliphatic heterocycles. The summed E-state index contributed by atoms with van der Waals surface area (Å²) in [5.74, 6) is 0. The van der Waals surface area contributed by atoms with Crippen LogP contribution in [0.3, 0.4) is 0 Å². The van der Waals surface area contributed by atoms with Crippen molar-refractivity contribution in [3.05, 3.63) is 52.5 Å². The molecule has 0 unspecified atom stereocenters. The molecule has 3 nitrogen and oxygen atoms in total. The molecule has 3 rings (SSSR count). The Bertz CT molecular complexity index is 590. The Morgan fingerprint density at radius 3 is 2.14 bits per heavy atom. The first-order chi connectivity index (χ1) is 10.2. The number of hydrogen-bond acceptors (Lipinski definition) is 3. The van der Waals surface area contributed by atoms with Gasteiger partial charge in [0.1, 0.15) is 0 Å². The third kappa shape index (κ3) is 3.43. The Morgan fingerprint density at radius 1 is 0.905 bits per heavy atom. The van der Waals surface area contributed by atoms with Gasteiger partial charge in [-0.1, -0.05) is 29.3 Å². The topological polar surface area (TPSA) is 24.5 Å². The number of para-hydroxylation sites is 1. The highest BCUT2D eigenvalue weighted by Gasteiger charge is 2.11. The maximum Gasteiger partial charge on any atom is 0.0762 e. The summed E-state index contributed by atoms with van der Waals surface area (Å²) in [6.45, 7) is 3.44. The summed E-state index contributed by atoms with van der Waals surface area (Å²) in [5, 5.41) is 4.49. The Kier molecular flexibility index (Phi) is 4.54. The normalized spacial score (nSPS) is 15.0. The van der Waals surface area contributed by atoms with Crippen molar-refractivity contribution < 1.29 is 4.74 Å². The monoisotopic (exact) mass is 322 g/mol. The third-order valence-electron chi connectivity index (χ3n) is 3.48. The van der Waals surface area contributed by atoms with Gasteiger partial charge in [-0.3, -0.25) is 0 Å². The number of halogens is 2. The summed E-state index contributed by atoms with van der Waals surface area (Å²) >= 11 is 12.3. The second-order valence-electron chi connectivity index (χ2n) is 4.87. The largest absolute Gasteiger partial charge is 0.378 e. The van der Waals surface area contributed by atoms with E-state index in [9.17, 15) is 0 Å². The van der Waals surface area contributed by atoms with Gasteiger partial charge in [0, 0.05) is 24.5 Å². The molecule has 110 valence electrons. The summed E-state index contributed by atoms with van der Waals surface area (Å²) in [7, 11) is 0. The first kappa shape index (κ1) is 14.5. The molecule has 0 aliphatic carbocycles. The van der Waals surface area contributed by atoms with Gasteiger partial charge in [0.2, 0.25) is 0 Å². The van der Waals surface area contributed by atoms with E-state index in [1.54, 1.807) is 0 Å². The number of rotatable bonds is 3. The van der Waals surface area contributed by atoms with E-state index in [2.05, 4.69) is 22.3 Å². The molecule has 0 aromatic heterocycles. The zero-order chi connectivity index (χ0) is 14.7. The van der Waals surface area contributed by atoms with Crippen LogP contribution in [0.1, 0.15) is 0 Å². The standard InChI is InChI=1S/C16H16Cl2N2O/c17-14-2-1-3-15(18)16(14)19-12-4-6-13(7-5-12)20-8-10-21-11-9-20/h1-7,19H,8-11H2. The molecule has 0 spiro atoms. The van der Waals surface area contributed by atoms with Gasteiger partial charge in [0.05, 0.1) is 28.9 Å². The number of benzene rings is 2. The van der Waals surface area contributed by atoms with Crippen LogP contribution in [-0.4, -0.2) is 26.3 Å². The quantitative estimate of drug-likeness (QED) is 0.895. The van der Waals surface area contributed by atoms with Crippen molar-refractivity contribution >= 4 is 40.3 Å². The van der Waals surface area contributed by atoms with Gasteiger partial charge < -0.3 is 15.0 Å². The fourth-order valence-electron chi connectivity index (χ4n) is 2.34. The van der Waals surface area contributed by atoms with E-state index < -0.39 is 0 Å². The van der Waals surface area contributed by atoms with Crippen LogP contribution in [0.5, 0.6) is 0 Å². The predicted molar refractivity (Wildman–Crippen MR) is 89.2 cm³/mol. The van der Waals surface area contributed by atoms with Gasteiger partial charge in [-0.2, -0.15) is 0 Å². The smallest absolute Gasteiger partial charge is 0.0762 e. The van der Waals surface area contributed by atoms with Crippen molar-refractivity contribution in [1.29, 1.82) is 0 Å². The summed E-state index contributed by atoms with van der Waals surface area (Å²) in [6, 6.07) is 13.7. The molecular weight excluding hydrogens is 307 g/mol. The molecule has 1 saturated heterocycles. The Labute approximate surface area is 134 Å². The average Bonchev–Trinajstić information content (AvgIpc) is 2.53. The van der Waals surface area contributed by atoms with E-state index in [-0.39, 0.29) is 0 Å². The molecule has 1 heterocycles. The highest BCUT2D eigenvalue weighted by atomic mass is 35.5. The van der Waals surface area contributed by atoms with Gasteiger partial charge in [0.25, 0.3) is 0 Å². The summed E-state index contributed by atoms with van der Waals surface area (Å²) in [6.07, 6.45) is 0. The fraction of sp³-hybridized carbons (Fsp3) is 0.250. The van der Waals surface area contributed by atoms with Crippen LogP contribution in [0.25, 0.3) is 0 Å². The Hall–Kier alpha value is -1.42. The van der Waals surface area contributed by atoms with Crippen LogP contribution < -0.4 is 10.2 Å². The van der Waals surface area contributed by atoms with Gasteiger partial charge in [0.15, 0.2) is 0 Å². The lowest BCUT2D eigenvalue weighted by Crippen LogP contribution is -2.36. The van der Waals surface area contributed by atoms with Gasteiger partial charge >= 0.3 is 0 Å². The Balaban J connectivity index is 1.75. The number of hydrogen-bond donors (Lipinski definition) is 1. The second-order valence-corrected chi connectivity index (χ2v) is 5.68. The number of morpholine rings is 1. The zero-order valence-electron chi connectivity index (χ0n) is 11.5. The Morgan fingerprint density at radius 2 is 1.52 bits per heavy atom. The van der Waals surface area contributed by atoms with E-state index >= 15 is 0 Å². The van der Waals surface area contributed by atoms with Gasteiger partial charge in [-0.05, 0) is 36.4 Å². The summed E-state index contributed by atoms with van der Waals surface area (Å²) in [5.41, 5.74) is 2.90. The molecule has 0 saturated carbocycles. The van der Waals surface area contributed by atoms with Crippen LogP contribution in [0.4, 0.5) is 17.1 Å². The van der Waals surface area contributed by atoms with E-state index in [0.29, 0.717) is 10.0 Å². The molecular formula is C16H16Cl2N2O. The third-order valence-corrected chi connectivity index (χ3v) is 4.11. The number of nitrogens with one attached hydrogen (secondary N) is 1. The van der Waals surface area contributed by atoms with E-state index in [1.165, 1.54) is 5.69 Å². The van der Waals surface area contributed by atoms with Crippen LogP contribution in [0.2, 0.25) is 10.0 Å². The molecule has 5 heteroatoms. The molecule has 1 aliphatic rings. The minimum atomic E-state index is 0.611. The van der Waals surface area contributed by atoms with E-state index in [0.717, 1.165) is 37.7 Å². The summed E-state index contributed by atoms with van der Waals surface area (Å²) < 4.78 is 5.37. The summed E-state index contributed by atoms with van der Waals surface area (Å²) in [4.78, 5) is 2.32. The predicted octanol–water partition coefficient (Wildman–Crippen LogP) is 4.57. The van der Waals surface area contributed by atoms with Crippen molar-refractivity contribution in [2.75, 3.05) is 36.5 Å². The van der Waals surface area contributed by atoms with Gasteiger partial charge in [-0.25, -0.2) is 0 Å². The number of nitrogens with zero attached hydrogens (tertiary/aromatic N) is 1. The molecule has 0 radical (unpaired) electrons. The molecule has 0 amide bonds. The number of ether oxygens (including phenoxy) is 1. The molecule has 21 heavy (non-hydrogen) atoms. The van der Waals surface area contributed by atoms with Crippen molar-refractivity contribution in [3.8, 4) is 0 Å². The lowest BCUT2D eigenvalue weighted by atomic mass is 10.2.